The fraction of sp³-hybridized carbons (Fsp3) is 0.0714. The van der Waals surface area contributed by atoms with E-state index in [0.717, 1.165) is 36.1 Å². The number of halogens is 4. The van der Waals surface area contributed by atoms with Crippen LogP contribution in [0.4, 0.5) is 13.2 Å². The Morgan fingerprint density at radius 3 is 2.16 bits per heavy atom. The summed E-state index contributed by atoms with van der Waals surface area (Å²) in [5.41, 5.74) is 3.05. The average molecular weight is 447 g/mol. The van der Waals surface area contributed by atoms with Crippen LogP contribution < -0.4 is 0 Å². The molecular weight excluding hydrogens is 429 g/mol. The number of rotatable bonds is 4. The SMILES string of the molecule is C=CCCc1ccc(C#Cc2ccc3c(F)c(-c4cc(F)c(Cl)c(F)c4)ccc3c2)cc1. The van der Waals surface area contributed by atoms with Gasteiger partial charge in [-0.25, -0.2) is 13.2 Å². The monoisotopic (exact) mass is 446 g/mol. The number of fused-ring (bicyclic) bond motifs is 1. The second-order valence-electron chi connectivity index (χ2n) is 7.39. The Bertz CT molecular complexity index is 1350. The molecule has 0 atom stereocenters. The van der Waals surface area contributed by atoms with Crippen LogP contribution in [0.25, 0.3) is 21.9 Å². The van der Waals surface area contributed by atoms with Gasteiger partial charge in [0.1, 0.15) is 22.5 Å². The summed E-state index contributed by atoms with van der Waals surface area (Å²) < 4.78 is 42.7. The molecule has 0 aliphatic rings. The molecule has 0 unspecified atom stereocenters. The van der Waals surface area contributed by atoms with E-state index in [2.05, 4.69) is 18.4 Å². The van der Waals surface area contributed by atoms with Gasteiger partial charge in [-0.15, -0.1) is 6.58 Å². The van der Waals surface area contributed by atoms with Crippen molar-refractivity contribution in [3.63, 3.8) is 0 Å². The first-order chi connectivity index (χ1) is 15.5. The Morgan fingerprint density at radius 1 is 0.812 bits per heavy atom. The minimum atomic E-state index is -0.930. The molecule has 0 nitrogen and oxygen atoms in total. The van der Waals surface area contributed by atoms with Crippen LogP contribution >= 0.6 is 11.6 Å². The van der Waals surface area contributed by atoms with E-state index >= 15 is 4.39 Å². The zero-order valence-corrected chi connectivity index (χ0v) is 17.8. The normalized spacial score (nSPS) is 10.6. The number of hydrogen-bond acceptors (Lipinski definition) is 0. The lowest BCUT2D eigenvalue weighted by molar-refractivity contribution is 0.584. The first-order valence-electron chi connectivity index (χ1n) is 10.1. The number of allylic oxidation sites excluding steroid dienone is 1. The second kappa shape index (κ2) is 9.34. The molecule has 4 heteroatoms. The highest BCUT2D eigenvalue weighted by molar-refractivity contribution is 6.31. The molecule has 0 N–H and O–H groups in total. The fourth-order valence-corrected chi connectivity index (χ4v) is 3.58. The predicted octanol–water partition coefficient (Wildman–Crippen LogP) is 8.10. The van der Waals surface area contributed by atoms with Crippen molar-refractivity contribution in [2.75, 3.05) is 0 Å². The summed E-state index contributed by atoms with van der Waals surface area (Å²) in [6.45, 7) is 3.73. The van der Waals surface area contributed by atoms with Crippen molar-refractivity contribution in [3.8, 4) is 23.0 Å². The number of hydrogen-bond donors (Lipinski definition) is 0. The van der Waals surface area contributed by atoms with Crippen molar-refractivity contribution in [2.45, 2.75) is 12.8 Å². The van der Waals surface area contributed by atoms with E-state index < -0.39 is 22.5 Å². The predicted molar refractivity (Wildman–Crippen MR) is 125 cm³/mol. The highest BCUT2D eigenvalue weighted by Gasteiger charge is 2.14. The van der Waals surface area contributed by atoms with E-state index in [1.807, 2.05) is 30.3 Å². The van der Waals surface area contributed by atoms with Crippen molar-refractivity contribution in [3.05, 3.63) is 119 Å². The van der Waals surface area contributed by atoms with Gasteiger partial charge in [0, 0.05) is 22.1 Å². The maximum Gasteiger partial charge on any atom is 0.145 e. The molecule has 0 saturated heterocycles. The Hall–Kier alpha value is -3.48. The molecule has 0 radical (unpaired) electrons. The molecule has 4 aromatic rings. The van der Waals surface area contributed by atoms with Gasteiger partial charge in [-0.3, -0.25) is 0 Å². The largest absolute Gasteiger partial charge is 0.206 e. The van der Waals surface area contributed by atoms with E-state index in [9.17, 15) is 8.78 Å². The lowest BCUT2D eigenvalue weighted by Gasteiger charge is -2.09. The Morgan fingerprint density at radius 2 is 1.47 bits per heavy atom. The molecule has 0 saturated carbocycles. The molecule has 0 aromatic heterocycles. The van der Waals surface area contributed by atoms with Gasteiger partial charge in [-0.1, -0.05) is 59.8 Å². The van der Waals surface area contributed by atoms with E-state index in [0.29, 0.717) is 10.8 Å². The van der Waals surface area contributed by atoms with Crippen LogP contribution in [-0.2, 0) is 6.42 Å². The van der Waals surface area contributed by atoms with Crippen molar-refractivity contribution < 1.29 is 13.2 Å². The molecular formula is C28H18ClF3. The lowest BCUT2D eigenvalue weighted by Crippen LogP contribution is -1.91. The van der Waals surface area contributed by atoms with Gasteiger partial charge in [0.15, 0.2) is 0 Å². The minimum absolute atomic E-state index is 0.0872. The van der Waals surface area contributed by atoms with Gasteiger partial charge >= 0.3 is 0 Å². The molecule has 158 valence electrons. The van der Waals surface area contributed by atoms with Crippen LogP contribution in [0.1, 0.15) is 23.1 Å². The molecule has 32 heavy (non-hydrogen) atoms. The van der Waals surface area contributed by atoms with E-state index in [1.165, 1.54) is 11.6 Å². The topological polar surface area (TPSA) is 0 Å². The van der Waals surface area contributed by atoms with Gasteiger partial charge < -0.3 is 0 Å². The van der Waals surface area contributed by atoms with E-state index in [-0.39, 0.29) is 11.1 Å². The lowest BCUT2D eigenvalue weighted by atomic mass is 9.98. The molecule has 4 rings (SSSR count). The van der Waals surface area contributed by atoms with Crippen molar-refractivity contribution in [1.29, 1.82) is 0 Å². The first-order valence-corrected chi connectivity index (χ1v) is 10.4. The average Bonchev–Trinajstić information content (AvgIpc) is 2.80. The van der Waals surface area contributed by atoms with Crippen LogP contribution in [0.2, 0.25) is 5.02 Å². The molecule has 0 heterocycles. The fourth-order valence-electron chi connectivity index (χ4n) is 3.47. The summed E-state index contributed by atoms with van der Waals surface area (Å²) in [6.07, 6.45) is 3.78. The van der Waals surface area contributed by atoms with Gasteiger partial charge in [-0.2, -0.15) is 0 Å². The summed E-state index contributed by atoms with van der Waals surface area (Å²) in [5.74, 6) is 3.80. The van der Waals surface area contributed by atoms with Crippen LogP contribution in [0.15, 0.2) is 79.4 Å². The molecule has 0 fully saturated rings. The molecule has 0 aliphatic heterocycles. The summed E-state index contributed by atoms with van der Waals surface area (Å²) in [5, 5.41) is 0.382. The van der Waals surface area contributed by atoms with E-state index in [1.54, 1.807) is 24.3 Å². The first kappa shape index (κ1) is 21.7. The van der Waals surface area contributed by atoms with Gasteiger partial charge in [-0.05, 0) is 65.8 Å². The van der Waals surface area contributed by atoms with Crippen LogP contribution in [0.5, 0.6) is 0 Å². The summed E-state index contributed by atoms with van der Waals surface area (Å²) in [7, 11) is 0. The Kier molecular flexibility index (Phi) is 6.35. The van der Waals surface area contributed by atoms with Crippen molar-refractivity contribution in [1.82, 2.24) is 0 Å². The Balaban J connectivity index is 1.63. The maximum absolute atomic E-state index is 15.1. The third-order valence-electron chi connectivity index (χ3n) is 5.19. The van der Waals surface area contributed by atoms with Gasteiger partial charge in [0.05, 0.1) is 0 Å². The highest BCUT2D eigenvalue weighted by Crippen LogP contribution is 2.32. The third-order valence-corrected chi connectivity index (χ3v) is 5.55. The number of aryl methyl sites for hydroxylation is 1. The summed E-state index contributed by atoms with van der Waals surface area (Å²) in [6, 6.07) is 18.4. The van der Waals surface area contributed by atoms with Crippen LogP contribution in [0.3, 0.4) is 0 Å². The minimum Gasteiger partial charge on any atom is -0.206 e. The summed E-state index contributed by atoms with van der Waals surface area (Å²) in [4.78, 5) is 0. The zero-order valence-electron chi connectivity index (χ0n) is 17.1. The smallest absolute Gasteiger partial charge is 0.145 e. The van der Waals surface area contributed by atoms with Crippen molar-refractivity contribution in [2.24, 2.45) is 0 Å². The molecule has 4 aromatic carbocycles. The summed E-state index contributed by atoms with van der Waals surface area (Å²) >= 11 is 5.53. The zero-order chi connectivity index (χ0) is 22.7. The van der Waals surface area contributed by atoms with Crippen LogP contribution in [0, 0.1) is 29.3 Å². The molecule has 0 aliphatic carbocycles. The van der Waals surface area contributed by atoms with Gasteiger partial charge in [0.25, 0.3) is 0 Å². The second-order valence-corrected chi connectivity index (χ2v) is 7.77. The number of benzene rings is 4. The van der Waals surface area contributed by atoms with Crippen LogP contribution in [-0.4, -0.2) is 0 Å². The molecule has 0 spiro atoms. The Labute approximate surface area is 190 Å². The maximum atomic E-state index is 15.1. The van der Waals surface area contributed by atoms with Crippen molar-refractivity contribution >= 4 is 22.4 Å². The quantitative estimate of drug-likeness (QED) is 0.169. The third kappa shape index (κ3) is 4.56. The molecule has 0 amide bonds. The van der Waals surface area contributed by atoms with E-state index in [4.69, 9.17) is 11.6 Å². The highest BCUT2D eigenvalue weighted by atomic mass is 35.5. The standard InChI is InChI=1S/C28H18ClF3/c1-2-3-4-18-5-7-19(8-6-18)9-10-20-11-13-23-21(15-20)12-14-24(28(23)32)22-16-25(30)27(29)26(31)17-22/h2,5-8,11-17H,1,3-4H2. The van der Waals surface area contributed by atoms with Gasteiger partial charge in [0.2, 0.25) is 0 Å². The molecule has 0 bridgehead atoms.